The Bertz CT molecular complexity index is 696. The van der Waals surface area contributed by atoms with Crippen LogP contribution in [-0.2, 0) is 9.84 Å². The van der Waals surface area contributed by atoms with Crippen LogP contribution in [0.3, 0.4) is 0 Å². The van der Waals surface area contributed by atoms with Crippen LogP contribution >= 0.6 is 11.3 Å². The SMILES string of the molecule is CCNC(=NCC(c1cccs1)N1CCC(C)CC1)NC(C)CCS(C)(=O)=O. The average molecular weight is 429 g/mol. The summed E-state index contributed by atoms with van der Waals surface area (Å²) in [5.74, 6) is 1.75. The van der Waals surface area contributed by atoms with E-state index >= 15 is 0 Å². The van der Waals surface area contributed by atoms with Gasteiger partial charge in [-0.2, -0.15) is 0 Å². The minimum Gasteiger partial charge on any atom is -0.357 e. The van der Waals surface area contributed by atoms with Crippen LogP contribution in [0.5, 0.6) is 0 Å². The number of nitrogens with one attached hydrogen (secondary N) is 2. The molecular weight excluding hydrogens is 392 g/mol. The van der Waals surface area contributed by atoms with Gasteiger partial charge in [-0.25, -0.2) is 8.42 Å². The fourth-order valence-electron chi connectivity index (χ4n) is 3.40. The Kier molecular flexibility index (Phi) is 9.24. The Balaban J connectivity index is 2.03. The number of nitrogens with zero attached hydrogens (tertiary/aromatic N) is 2. The summed E-state index contributed by atoms with van der Waals surface area (Å²) < 4.78 is 22.8. The summed E-state index contributed by atoms with van der Waals surface area (Å²) in [5.41, 5.74) is 0. The van der Waals surface area contributed by atoms with Gasteiger partial charge in [0, 0.05) is 23.7 Å². The molecule has 0 spiro atoms. The number of sulfone groups is 1. The van der Waals surface area contributed by atoms with Gasteiger partial charge in [-0.1, -0.05) is 13.0 Å². The van der Waals surface area contributed by atoms with Gasteiger partial charge in [0.05, 0.1) is 18.3 Å². The lowest BCUT2D eigenvalue weighted by atomic mass is 9.97. The first kappa shape index (κ1) is 23.2. The summed E-state index contributed by atoms with van der Waals surface area (Å²) in [6.07, 6.45) is 4.34. The van der Waals surface area contributed by atoms with Crippen LogP contribution in [0.2, 0.25) is 0 Å². The molecule has 0 amide bonds. The molecule has 160 valence electrons. The second kappa shape index (κ2) is 11.2. The van der Waals surface area contributed by atoms with E-state index in [2.05, 4.69) is 40.0 Å². The second-order valence-electron chi connectivity index (χ2n) is 7.93. The molecule has 2 rings (SSSR count). The predicted octanol–water partition coefficient (Wildman–Crippen LogP) is 2.90. The molecule has 6 nitrogen and oxygen atoms in total. The van der Waals surface area contributed by atoms with Crippen molar-refractivity contribution in [3.8, 4) is 0 Å². The van der Waals surface area contributed by atoms with E-state index in [4.69, 9.17) is 4.99 Å². The fraction of sp³-hybridized carbons (Fsp3) is 0.750. The third-order valence-electron chi connectivity index (χ3n) is 5.20. The molecule has 0 radical (unpaired) electrons. The smallest absolute Gasteiger partial charge is 0.191 e. The highest BCUT2D eigenvalue weighted by Gasteiger charge is 2.25. The van der Waals surface area contributed by atoms with E-state index in [0.29, 0.717) is 19.0 Å². The maximum absolute atomic E-state index is 11.4. The highest BCUT2D eigenvalue weighted by atomic mass is 32.2. The minimum absolute atomic E-state index is 0.0450. The van der Waals surface area contributed by atoms with Crippen LogP contribution in [0.1, 0.15) is 51.0 Å². The van der Waals surface area contributed by atoms with Crippen LogP contribution in [0, 0.1) is 5.92 Å². The standard InChI is InChI=1S/C20H36N4O2S2/c1-5-21-20(23-17(3)10-14-28(4,25)26)22-15-18(19-7-6-13-27-19)24-11-8-16(2)9-12-24/h6-7,13,16-18H,5,8-12,14-15H2,1-4H3,(H2,21,22,23). The highest BCUT2D eigenvalue weighted by Crippen LogP contribution is 2.29. The monoisotopic (exact) mass is 428 g/mol. The first-order valence-corrected chi connectivity index (χ1v) is 13.2. The number of hydrogen-bond donors (Lipinski definition) is 2. The third-order valence-corrected chi connectivity index (χ3v) is 7.15. The van der Waals surface area contributed by atoms with E-state index in [0.717, 1.165) is 31.5 Å². The Morgan fingerprint density at radius 1 is 1.39 bits per heavy atom. The topological polar surface area (TPSA) is 73.8 Å². The number of thiophene rings is 1. The summed E-state index contributed by atoms with van der Waals surface area (Å²) in [6, 6.07) is 4.66. The van der Waals surface area contributed by atoms with Gasteiger partial charge in [0.2, 0.25) is 0 Å². The number of piperidine rings is 1. The third kappa shape index (κ3) is 8.09. The van der Waals surface area contributed by atoms with Gasteiger partial charge in [-0.15, -0.1) is 11.3 Å². The van der Waals surface area contributed by atoms with Gasteiger partial charge >= 0.3 is 0 Å². The summed E-state index contributed by atoms with van der Waals surface area (Å²) in [5, 5.41) is 8.79. The molecule has 1 aromatic heterocycles. The van der Waals surface area contributed by atoms with Crippen molar-refractivity contribution in [2.75, 3.05) is 38.2 Å². The van der Waals surface area contributed by atoms with E-state index in [1.54, 1.807) is 11.3 Å². The molecule has 0 aliphatic carbocycles. The Hall–Kier alpha value is -1.12. The van der Waals surface area contributed by atoms with Gasteiger partial charge in [0.1, 0.15) is 9.84 Å². The van der Waals surface area contributed by atoms with E-state index in [-0.39, 0.29) is 11.8 Å². The number of rotatable bonds is 9. The van der Waals surface area contributed by atoms with Crippen LogP contribution in [0.4, 0.5) is 0 Å². The molecule has 2 unspecified atom stereocenters. The molecule has 8 heteroatoms. The molecule has 0 bridgehead atoms. The maximum atomic E-state index is 11.4. The van der Waals surface area contributed by atoms with E-state index < -0.39 is 9.84 Å². The van der Waals surface area contributed by atoms with Crippen LogP contribution in [-0.4, -0.2) is 63.5 Å². The number of hydrogen-bond acceptors (Lipinski definition) is 5. The highest BCUT2D eigenvalue weighted by molar-refractivity contribution is 7.90. The minimum atomic E-state index is -2.95. The van der Waals surface area contributed by atoms with E-state index in [1.807, 2.05) is 13.8 Å². The molecular formula is C20H36N4O2S2. The van der Waals surface area contributed by atoms with Crippen molar-refractivity contribution in [3.05, 3.63) is 22.4 Å². The van der Waals surface area contributed by atoms with Gasteiger partial charge in [-0.05, 0) is 63.6 Å². The lowest BCUT2D eigenvalue weighted by Gasteiger charge is -2.35. The van der Waals surface area contributed by atoms with Gasteiger partial charge in [0.25, 0.3) is 0 Å². The summed E-state index contributed by atoms with van der Waals surface area (Å²) >= 11 is 1.80. The molecule has 2 atom stereocenters. The average Bonchev–Trinajstić information content (AvgIpc) is 3.15. The predicted molar refractivity (Wildman–Crippen MR) is 120 cm³/mol. The molecule has 2 heterocycles. The van der Waals surface area contributed by atoms with E-state index in [9.17, 15) is 8.42 Å². The van der Waals surface area contributed by atoms with Gasteiger partial charge in [0.15, 0.2) is 5.96 Å². The largest absolute Gasteiger partial charge is 0.357 e. The van der Waals surface area contributed by atoms with Crippen molar-refractivity contribution in [2.45, 2.75) is 52.1 Å². The summed E-state index contributed by atoms with van der Waals surface area (Å²) in [6.45, 7) is 10.1. The van der Waals surface area contributed by atoms with Crippen molar-refractivity contribution in [2.24, 2.45) is 10.9 Å². The van der Waals surface area contributed by atoms with Crippen LogP contribution < -0.4 is 10.6 Å². The van der Waals surface area contributed by atoms with Gasteiger partial charge < -0.3 is 10.6 Å². The summed E-state index contributed by atoms with van der Waals surface area (Å²) in [4.78, 5) is 8.78. The zero-order chi connectivity index (χ0) is 20.6. The van der Waals surface area contributed by atoms with Gasteiger partial charge in [-0.3, -0.25) is 9.89 Å². The number of likely N-dealkylation sites (tertiary alicyclic amines) is 1. The number of guanidine groups is 1. The molecule has 1 aliphatic rings. The Morgan fingerprint density at radius 2 is 2.11 bits per heavy atom. The molecule has 0 aromatic carbocycles. The lowest BCUT2D eigenvalue weighted by molar-refractivity contribution is 0.143. The fourth-order valence-corrected chi connectivity index (χ4v) is 5.03. The maximum Gasteiger partial charge on any atom is 0.191 e. The first-order valence-electron chi connectivity index (χ1n) is 10.3. The number of aliphatic imine (C=N–C) groups is 1. The Morgan fingerprint density at radius 3 is 2.68 bits per heavy atom. The van der Waals surface area contributed by atoms with E-state index in [1.165, 1.54) is 24.0 Å². The molecule has 1 fully saturated rings. The van der Waals surface area contributed by atoms with Crippen LogP contribution in [0.15, 0.2) is 22.5 Å². The second-order valence-corrected chi connectivity index (χ2v) is 11.2. The quantitative estimate of drug-likeness (QED) is 0.467. The van der Waals surface area contributed by atoms with Crippen molar-refractivity contribution in [3.63, 3.8) is 0 Å². The Labute approximate surface area is 174 Å². The van der Waals surface area contributed by atoms with Crippen LogP contribution in [0.25, 0.3) is 0 Å². The lowest BCUT2D eigenvalue weighted by Crippen LogP contribution is -2.43. The summed E-state index contributed by atoms with van der Waals surface area (Å²) in [7, 11) is -2.95. The molecule has 1 aromatic rings. The van der Waals surface area contributed by atoms with Crippen molar-refractivity contribution in [1.82, 2.24) is 15.5 Å². The molecule has 28 heavy (non-hydrogen) atoms. The molecule has 0 saturated carbocycles. The zero-order valence-corrected chi connectivity index (χ0v) is 19.3. The molecule has 1 aliphatic heterocycles. The molecule has 2 N–H and O–H groups in total. The van der Waals surface area contributed by atoms with Crippen molar-refractivity contribution < 1.29 is 8.42 Å². The first-order chi connectivity index (χ1) is 13.3. The van der Waals surface area contributed by atoms with Crippen molar-refractivity contribution in [1.29, 1.82) is 0 Å². The van der Waals surface area contributed by atoms with Crippen molar-refractivity contribution >= 4 is 27.1 Å². The normalized spacial score (nSPS) is 19.4. The molecule has 1 saturated heterocycles. The zero-order valence-electron chi connectivity index (χ0n) is 17.6.